The summed E-state index contributed by atoms with van der Waals surface area (Å²) in [6.07, 6.45) is 4.04. The molecule has 1 fully saturated rings. The maximum Gasteiger partial charge on any atom is 0.250 e. The number of aliphatic hydroxyl groups is 1. The van der Waals surface area contributed by atoms with E-state index < -0.39 is 0 Å². The number of piperidine rings is 1. The average Bonchev–Trinajstić information content (AvgIpc) is 2.59. The summed E-state index contributed by atoms with van der Waals surface area (Å²) in [7, 11) is 0. The molecule has 1 amide bonds. The van der Waals surface area contributed by atoms with Gasteiger partial charge >= 0.3 is 0 Å². The third-order valence-electron chi connectivity index (χ3n) is 4.47. The lowest BCUT2D eigenvalue weighted by atomic mass is 10.1. The highest BCUT2D eigenvalue weighted by Gasteiger charge is 2.18. The third kappa shape index (κ3) is 4.33. The number of carbonyl (C=O) groups is 1. The van der Waals surface area contributed by atoms with E-state index in [9.17, 15) is 14.3 Å². The van der Waals surface area contributed by atoms with Gasteiger partial charge in [0.1, 0.15) is 18.2 Å². The molecule has 0 unspecified atom stereocenters. The number of hydrogen-bond donors (Lipinski definition) is 2. The van der Waals surface area contributed by atoms with Crippen molar-refractivity contribution in [1.29, 1.82) is 0 Å². The van der Waals surface area contributed by atoms with Crippen LogP contribution in [0, 0.1) is 5.82 Å². The first-order chi connectivity index (χ1) is 11.6. The van der Waals surface area contributed by atoms with Crippen molar-refractivity contribution in [3.63, 3.8) is 0 Å². The van der Waals surface area contributed by atoms with Gasteiger partial charge in [-0.2, -0.15) is 0 Å². The standard InChI is InChI=1S/C18H23FN2O3/c19-15-2-3-17-13(11-15)10-14(12-24-17)18(23)20-6-1-7-21-8-4-16(22)5-9-21/h2-3,10-11,16,22H,1,4-9,12H2,(H,20,23). The van der Waals surface area contributed by atoms with Crippen molar-refractivity contribution in [2.24, 2.45) is 0 Å². The summed E-state index contributed by atoms with van der Waals surface area (Å²) < 4.78 is 18.8. The van der Waals surface area contributed by atoms with Crippen LogP contribution in [0.2, 0.25) is 0 Å². The van der Waals surface area contributed by atoms with Crippen molar-refractivity contribution < 1.29 is 19.0 Å². The zero-order chi connectivity index (χ0) is 16.9. The second-order valence-corrected chi connectivity index (χ2v) is 6.32. The molecule has 0 saturated carbocycles. The van der Waals surface area contributed by atoms with Crippen LogP contribution in [-0.2, 0) is 4.79 Å². The van der Waals surface area contributed by atoms with Gasteiger partial charge in [-0.15, -0.1) is 0 Å². The minimum atomic E-state index is -0.345. The summed E-state index contributed by atoms with van der Waals surface area (Å²) in [4.78, 5) is 14.5. The number of likely N-dealkylation sites (tertiary alicyclic amines) is 1. The molecule has 1 aromatic rings. The lowest BCUT2D eigenvalue weighted by Crippen LogP contribution is -2.38. The maximum absolute atomic E-state index is 13.3. The zero-order valence-corrected chi connectivity index (χ0v) is 13.6. The molecule has 0 radical (unpaired) electrons. The molecule has 130 valence electrons. The molecule has 5 nitrogen and oxygen atoms in total. The van der Waals surface area contributed by atoms with Crippen molar-refractivity contribution in [2.45, 2.75) is 25.4 Å². The summed E-state index contributed by atoms with van der Waals surface area (Å²) in [6.45, 7) is 3.53. The van der Waals surface area contributed by atoms with Crippen LogP contribution in [-0.4, -0.2) is 54.8 Å². The molecule has 2 heterocycles. The number of halogens is 1. The van der Waals surface area contributed by atoms with Gasteiger partial charge in [-0.3, -0.25) is 4.79 Å². The minimum Gasteiger partial charge on any atom is -0.488 e. The van der Waals surface area contributed by atoms with Crippen molar-refractivity contribution >= 4 is 12.0 Å². The largest absolute Gasteiger partial charge is 0.488 e. The highest BCUT2D eigenvalue weighted by Crippen LogP contribution is 2.26. The SMILES string of the molecule is O=C(NCCCN1CCC(O)CC1)C1=Cc2cc(F)ccc2OC1. The number of hydrogen-bond acceptors (Lipinski definition) is 4. The lowest BCUT2D eigenvalue weighted by molar-refractivity contribution is -0.117. The first kappa shape index (κ1) is 16.9. The Morgan fingerprint density at radius 1 is 1.38 bits per heavy atom. The lowest BCUT2D eigenvalue weighted by Gasteiger charge is -2.29. The van der Waals surface area contributed by atoms with Crippen LogP contribution in [0.3, 0.4) is 0 Å². The molecular weight excluding hydrogens is 311 g/mol. The van der Waals surface area contributed by atoms with Gasteiger partial charge in [0, 0.05) is 25.2 Å². The van der Waals surface area contributed by atoms with Gasteiger partial charge in [0.05, 0.1) is 11.7 Å². The zero-order valence-electron chi connectivity index (χ0n) is 13.6. The normalized spacial score (nSPS) is 18.5. The molecule has 24 heavy (non-hydrogen) atoms. The highest BCUT2D eigenvalue weighted by atomic mass is 19.1. The van der Waals surface area contributed by atoms with Gasteiger partial charge < -0.3 is 20.1 Å². The minimum absolute atomic E-state index is 0.160. The first-order valence-corrected chi connectivity index (χ1v) is 8.43. The Kier molecular flexibility index (Phi) is 5.48. The number of aliphatic hydroxyl groups excluding tert-OH is 1. The van der Waals surface area contributed by atoms with Crippen molar-refractivity contribution in [3.05, 3.63) is 35.2 Å². The Morgan fingerprint density at radius 3 is 2.96 bits per heavy atom. The van der Waals surface area contributed by atoms with Crippen molar-refractivity contribution in [3.8, 4) is 5.75 Å². The van der Waals surface area contributed by atoms with Gasteiger partial charge in [-0.25, -0.2) is 4.39 Å². The number of ether oxygens (including phenoxy) is 1. The van der Waals surface area contributed by atoms with Crippen LogP contribution in [0.25, 0.3) is 6.08 Å². The number of nitrogens with one attached hydrogen (secondary N) is 1. The average molecular weight is 334 g/mol. The number of rotatable bonds is 5. The van der Waals surface area contributed by atoms with Crippen LogP contribution in [0.1, 0.15) is 24.8 Å². The van der Waals surface area contributed by atoms with Crippen molar-refractivity contribution in [1.82, 2.24) is 10.2 Å². The second-order valence-electron chi connectivity index (χ2n) is 6.32. The van der Waals surface area contributed by atoms with Gasteiger partial charge in [-0.1, -0.05) is 0 Å². The summed E-state index contributed by atoms with van der Waals surface area (Å²) in [5.41, 5.74) is 1.10. The van der Waals surface area contributed by atoms with E-state index in [4.69, 9.17) is 4.74 Å². The molecule has 0 aliphatic carbocycles. The van der Waals surface area contributed by atoms with Gasteiger partial charge in [0.25, 0.3) is 5.91 Å². The van der Waals surface area contributed by atoms with E-state index in [1.54, 1.807) is 12.1 Å². The number of carbonyl (C=O) groups excluding carboxylic acids is 1. The Hall–Kier alpha value is -1.92. The number of benzene rings is 1. The highest BCUT2D eigenvalue weighted by molar-refractivity contribution is 5.99. The van der Waals surface area contributed by atoms with Crippen LogP contribution in [0.4, 0.5) is 4.39 Å². The Balaban J connectivity index is 1.44. The summed E-state index contributed by atoms with van der Waals surface area (Å²) >= 11 is 0. The Labute approximate surface area is 141 Å². The summed E-state index contributed by atoms with van der Waals surface area (Å²) in [6, 6.07) is 4.29. The topological polar surface area (TPSA) is 61.8 Å². The van der Waals surface area contributed by atoms with Crippen LogP contribution in [0.5, 0.6) is 5.75 Å². The predicted octanol–water partition coefficient (Wildman–Crippen LogP) is 1.56. The molecule has 2 aliphatic heterocycles. The number of amides is 1. The molecule has 3 rings (SSSR count). The fraction of sp³-hybridized carbons (Fsp3) is 0.500. The molecule has 0 bridgehead atoms. The van der Waals surface area contributed by atoms with Crippen LogP contribution < -0.4 is 10.1 Å². The molecule has 2 aliphatic rings. The third-order valence-corrected chi connectivity index (χ3v) is 4.47. The molecule has 6 heteroatoms. The predicted molar refractivity (Wildman–Crippen MR) is 89.2 cm³/mol. The number of fused-ring (bicyclic) bond motifs is 1. The molecular formula is C18H23FN2O3. The number of nitrogens with zero attached hydrogens (tertiary/aromatic N) is 1. The molecule has 2 N–H and O–H groups in total. The molecule has 0 atom stereocenters. The Morgan fingerprint density at radius 2 is 2.17 bits per heavy atom. The molecule has 1 saturated heterocycles. The van der Waals surface area contributed by atoms with E-state index in [1.165, 1.54) is 12.1 Å². The Bertz CT molecular complexity index is 625. The maximum atomic E-state index is 13.3. The summed E-state index contributed by atoms with van der Waals surface area (Å²) in [5.74, 6) is 0.0844. The van der Waals surface area contributed by atoms with Gasteiger partial charge in [0.2, 0.25) is 0 Å². The van der Waals surface area contributed by atoms with Crippen LogP contribution in [0.15, 0.2) is 23.8 Å². The van der Waals surface area contributed by atoms with Crippen LogP contribution >= 0.6 is 0 Å². The van der Waals surface area contributed by atoms with E-state index in [-0.39, 0.29) is 24.4 Å². The smallest absolute Gasteiger partial charge is 0.250 e. The van der Waals surface area contributed by atoms with E-state index in [0.29, 0.717) is 23.4 Å². The second kappa shape index (κ2) is 7.77. The fourth-order valence-corrected chi connectivity index (χ4v) is 3.04. The van der Waals surface area contributed by atoms with E-state index in [1.807, 2.05) is 0 Å². The van der Waals surface area contributed by atoms with Crippen molar-refractivity contribution in [2.75, 3.05) is 32.8 Å². The molecule has 1 aromatic carbocycles. The summed E-state index contributed by atoms with van der Waals surface area (Å²) in [5, 5.41) is 12.4. The van der Waals surface area contributed by atoms with E-state index in [2.05, 4.69) is 10.2 Å². The fourth-order valence-electron chi connectivity index (χ4n) is 3.04. The van der Waals surface area contributed by atoms with Gasteiger partial charge in [0.15, 0.2) is 0 Å². The monoisotopic (exact) mass is 334 g/mol. The first-order valence-electron chi connectivity index (χ1n) is 8.43. The quantitative estimate of drug-likeness (QED) is 0.803. The van der Waals surface area contributed by atoms with E-state index in [0.717, 1.165) is 38.9 Å². The molecule has 0 aromatic heterocycles. The molecule has 0 spiro atoms. The van der Waals surface area contributed by atoms with Gasteiger partial charge in [-0.05, 0) is 50.1 Å². The van der Waals surface area contributed by atoms with E-state index >= 15 is 0 Å².